The molecule has 1 rings (SSSR count). The van der Waals surface area contributed by atoms with Gasteiger partial charge in [-0.25, -0.2) is 8.78 Å². The number of carbonyl (C=O) groups excluding carboxylic acids is 1. The van der Waals surface area contributed by atoms with Crippen LogP contribution < -0.4 is 0 Å². The van der Waals surface area contributed by atoms with E-state index in [0.29, 0.717) is 12.3 Å². The quantitative estimate of drug-likeness (QED) is 0.434. The lowest BCUT2D eigenvalue weighted by Crippen LogP contribution is -1.96. The van der Waals surface area contributed by atoms with E-state index in [1.54, 1.807) is 0 Å². The van der Waals surface area contributed by atoms with Crippen LogP contribution in [0.1, 0.15) is 10.4 Å². The summed E-state index contributed by atoms with van der Waals surface area (Å²) in [6, 6.07) is 2.45. The Bertz CT molecular complexity index is 338. The maximum absolute atomic E-state index is 12.5. The highest BCUT2D eigenvalue weighted by Crippen LogP contribution is 2.08. The first kappa shape index (κ1) is 9.38. The highest BCUT2D eigenvalue weighted by atomic mass is 19.1. The fourth-order valence-corrected chi connectivity index (χ4v) is 0.860. The molecule has 0 saturated carbocycles. The standard InChI is InChI=1S/C9H6F2O2/c10-7-3-6(4-8(11)5-7)9(13)1-2-12/h1-5,12H/b2-1+. The van der Waals surface area contributed by atoms with Crippen molar-refractivity contribution in [3.05, 3.63) is 47.7 Å². The molecule has 1 aromatic carbocycles. The van der Waals surface area contributed by atoms with Gasteiger partial charge in [-0.2, -0.15) is 0 Å². The van der Waals surface area contributed by atoms with Crippen molar-refractivity contribution in [1.29, 1.82) is 0 Å². The molecular formula is C9H6F2O2. The average Bonchev–Trinajstić information content (AvgIpc) is 2.03. The summed E-state index contributed by atoms with van der Waals surface area (Å²) in [7, 11) is 0. The van der Waals surface area contributed by atoms with Crippen LogP contribution in [0.3, 0.4) is 0 Å². The van der Waals surface area contributed by atoms with Crippen LogP contribution in [0.25, 0.3) is 0 Å². The largest absolute Gasteiger partial charge is 0.515 e. The minimum absolute atomic E-state index is 0.136. The normalized spacial score (nSPS) is 10.6. The van der Waals surface area contributed by atoms with Crippen molar-refractivity contribution < 1.29 is 18.7 Å². The van der Waals surface area contributed by atoms with Crippen molar-refractivity contribution in [3.63, 3.8) is 0 Å². The van der Waals surface area contributed by atoms with Gasteiger partial charge in [0.1, 0.15) is 11.6 Å². The second-order valence-electron chi connectivity index (χ2n) is 2.34. The van der Waals surface area contributed by atoms with E-state index in [4.69, 9.17) is 5.11 Å². The highest BCUT2D eigenvalue weighted by Gasteiger charge is 2.05. The molecule has 68 valence electrons. The van der Waals surface area contributed by atoms with Gasteiger partial charge in [0.15, 0.2) is 5.78 Å². The Kier molecular flexibility index (Phi) is 2.74. The Morgan fingerprint density at radius 2 is 1.77 bits per heavy atom. The summed E-state index contributed by atoms with van der Waals surface area (Å²) in [5.74, 6) is -2.30. The summed E-state index contributed by atoms with van der Waals surface area (Å²) in [6.07, 6.45) is 1.33. The predicted octanol–water partition coefficient (Wildman–Crippen LogP) is 2.22. The van der Waals surface area contributed by atoms with Gasteiger partial charge >= 0.3 is 0 Å². The van der Waals surface area contributed by atoms with Crippen LogP contribution >= 0.6 is 0 Å². The van der Waals surface area contributed by atoms with E-state index in [-0.39, 0.29) is 5.56 Å². The van der Waals surface area contributed by atoms with Crippen molar-refractivity contribution in [3.8, 4) is 0 Å². The number of hydrogen-bond donors (Lipinski definition) is 1. The SMILES string of the molecule is O=C(/C=C/O)c1cc(F)cc(F)c1. The molecule has 1 N–H and O–H groups in total. The van der Waals surface area contributed by atoms with Gasteiger partial charge in [0.2, 0.25) is 0 Å². The zero-order valence-corrected chi connectivity index (χ0v) is 6.50. The zero-order valence-electron chi connectivity index (χ0n) is 6.50. The second-order valence-corrected chi connectivity index (χ2v) is 2.34. The zero-order chi connectivity index (χ0) is 9.84. The number of aliphatic hydroxyl groups excluding tert-OH is 1. The lowest BCUT2D eigenvalue weighted by atomic mass is 10.1. The summed E-state index contributed by atoms with van der Waals surface area (Å²) in [4.78, 5) is 11.0. The number of halogens is 2. The Hall–Kier alpha value is -1.71. The van der Waals surface area contributed by atoms with Crippen LogP contribution in [0.2, 0.25) is 0 Å². The summed E-state index contributed by atoms with van der Waals surface area (Å²) < 4.78 is 25.1. The molecule has 1 aromatic rings. The van der Waals surface area contributed by atoms with E-state index in [2.05, 4.69) is 0 Å². The van der Waals surface area contributed by atoms with Gasteiger partial charge in [-0.15, -0.1) is 0 Å². The van der Waals surface area contributed by atoms with E-state index in [1.165, 1.54) is 0 Å². The third-order valence-corrected chi connectivity index (χ3v) is 1.37. The molecule has 0 radical (unpaired) electrons. The van der Waals surface area contributed by atoms with Gasteiger partial charge < -0.3 is 5.11 Å². The lowest BCUT2D eigenvalue weighted by molar-refractivity contribution is 0.104. The Morgan fingerprint density at radius 3 is 2.23 bits per heavy atom. The number of aliphatic hydroxyl groups is 1. The topological polar surface area (TPSA) is 37.3 Å². The molecule has 4 heteroatoms. The van der Waals surface area contributed by atoms with E-state index >= 15 is 0 Å². The molecular weight excluding hydrogens is 178 g/mol. The first-order chi connectivity index (χ1) is 6.13. The minimum atomic E-state index is -0.824. The van der Waals surface area contributed by atoms with Crippen LogP contribution in [-0.2, 0) is 0 Å². The van der Waals surface area contributed by atoms with Crippen molar-refractivity contribution in [2.75, 3.05) is 0 Å². The maximum Gasteiger partial charge on any atom is 0.189 e. The molecule has 0 aromatic heterocycles. The fourth-order valence-electron chi connectivity index (χ4n) is 0.860. The average molecular weight is 184 g/mol. The summed E-state index contributed by atoms with van der Waals surface area (Å²) in [5.41, 5.74) is -0.136. The molecule has 0 fully saturated rings. The molecule has 0 amide bonds. The molecule has 0 bridgehead atoms. The fraction of sp³-hybridized carbons (Fsp3) is 0. The monoisotopic (exact) mass is 184 g/mol. The Labute approximate surface area is 73.1 Å². The van der Waals surface area contributed by atoms with E-state index in [1.807, 2.05) is 0 Å². The molecule has 2 nitrogen and oxygen atoms in total. The van der Waals surface area contributed by atoms with Crippen LogP contribution in [-0.4, -0.2) is 10.9 Å². The molecule has 13 heavy (non-hydrogen) atoms. The molecule has 0 unspecified atom stereocenters. The molecule has 0 atom stereocenters. The first-order valence-corrected chi connectivity index (χ1v) is 3.44. The van der Waals surface area contributed by atoms with Crippen molar-refractivity contribution >= 4 is 5.78 Å². The van der Waals surface area contributed by atoms with Gasteiger partial charge in [0.05, 0.1) is 6.26 Å². The van der Waals surface area contributed by atoms with Gasteiger partial charge in [-0.1, -0.05) is 0 Å². The second kappa shape index (κ2) is 3.80. The number of allylic oxidation sites excluding steroid dienone is 1. The summed E-state index contributed by atoms with van der Waals surface area (Å²) in [6.45, 7) is 0. The van der Waals surface area contributed by atoms with Crippen molar-refractivity contribution in [2.24, 2.45) is 0 Å². The Balaban J connectivity index is 3.08. The number of rotatable bonds is 2. The van der Waals surface area contributed by atoms with Gasteiger partial charge in [-0.3, -0.25) is 4.79 Å². The molecule has 0 aliphatic heterocycles. The minimum Gasteiger partial charge on any atom is -0.515 e. The van der Waals surface area contributed by atoms with E-state index < -0.39 is 17.4 Å². The number of ketones is 1. The molecule has 0 aliphatic rings. The first-order valence-electron chi connectivity index (χ1n) is 3.44. The van der Waals surface area contributed by atoms with Crippen molar-refractivity contribution in [2.45, 2.75) is 0 Å². The van der Waals surface area contributed by atoms with Gasteiger partial charge in [0.25, 0.3) is 0 Å². The van der Waals surface area contributed by atoms with Crippen LogP contribution in [0.4, 0.5) is 8.78 Å². The summed E-state index contributed by atoms with van der Waals surface area (Å²) >= 11 is 0. The summed E-state index contributed by atoms with van der Waals surface area (Å²) in [5, 5.41) is 8.25. The van der Waals surface area contributed by atoms with E-state index in [0.717, 1.165) is 18.2 Å². The van der Waals surface area contributed by atoms with Crippen LogP contribution in [0, 0.1) is 11.6 Å². The van der Waals surface area contributed by atoms with Crippen molar-refractivity contribution in [1.82, 2.24) is 0 Å². The Morgan fingerprint density at radius 1 is 1.23 bits per heavy atom. The lowest BCUT2D eigenvalue weighted by Gasteiger charge is -1.96. The highest BCUT2D eigenvalue weighted by molar-refractivity contribution is 6.04. The number of benzene rings is 1. The smallest absolute Gasteiger partial charge is 0.189 e. The van der Waals surface area contributed by atoms with Gasteiger partial charge in [0, 0.05) is 17.7 Å². The molecule has 0 spiro atoms. The molecule has 0 saturated heterocycles. The third-order valence-electron chi connectivity index (χ3n) is 1.37. The van der Waals surface area contributed by atoms with Crippen LogP contribution in [0.15, 0.2) is 30.5 Å². The predicted molar refractivity (Wildman–Crippen MR) is 42.5 cm³/mol. The van der Waals surface area contributed by atoms with Gasteiger partial charge in [-0.05, 0) is 12.1 Å². The number of carbonyl (C=O) groups is 1. The number of hydrogen-bond acceptors (Lipinski definition) is 2. The maximum atomic E-state index is 12.5. The van der Waals surface area contributed by atoms with E-state index in [9.17, 15) is 13.6 Å². The third kappa shape index (κ3) is 2.37. The molecule has 0 heterocycles. The van der Waals surface area contributed by atoms with Crippen LogP contribution in [0.5, 0.6) is 0 Å². The molecule has 0 aliphatic carbocycles.